The van der Waals surface area contributed by atoms with E-state index in [9.17, 15) is 13.2 Å². The number of para-hydroxylation sites is 1. The van der Waals surface area contributed by atoms with Crippen LogP contribution in [0.1, 0.15) is 6.92 Å². The normalized spacial score (nSPS) is 16.9. The maximum atomic E-state index is 12.6. The lowest BCUT2D eigenvalue weighted by atomic mass is 10.3. The molecule has 0 bridgehead atoms. The minimum absolute atomic E-state index is 0.134. The number of carbonyl (C=O) groups excluding carboxylic acids is 1. The van der Waals surface area contributed by atoms with Gasteiger partial charge >= 0.3 is 0 Å². The highest BCUT2D eigenvalue weighted by Gasteiger charge is 2.31. The summed E-state index contributed by atoms with van der Waals surface area (Å²) in [4.78, 5) is 14.5. The van der Waals surface area contributed by atoms with Gasteiger partial charge in [-0.1, -0.05) is 36.4 Å². The lowest BCUT2D eigenvalue weighted by Gasteiger charge is -2.35. The van der Waals surface area contributed by atoms with Crippen molar-refractivity contribution < 1.29 is 17.9 Å². The maximum Gasteiger partial charge on any atom is 0.263 e. The van der Waals surface area contributed by atoms with Crippen LogP contribution in [0.4, 0.5) is 0 Å². The molecule has 1 atom stereocenters. The Labute approximate surface area is 154 Å². The summed E-state index contributed by atoms with van der Waals surface area (Å²) in [5.41, 5.74) is 0. The van der Waals surface area contributed by atoms with Gasteiger partial charge in [0.05, 0.1) is 4.90 Å². The van der Waals surface area contributed by atoms with Crippen molar-refractivity contribution in [1.82, 2.24) is 9.21 Å². The number of sulfonamides is 1. The van der Waals surface area contributed by atoms with Crippen LogP contribution in [0, 0.1) is 0 Å². The van der Waals surface area contributed by atoms with Crippen LogP contribution in [-0.2, 0) is 14.8 Å². The van der Waals surface area contributed by atoms with Crippen LogP contribution in [0.2, 0.25) is 0 Å². The van der Waals surface area contributed by atoms with E-state index in [1.807, 2.05) is 18.2 Å². The van der Waals surface area contributed by atoms with Crippen molar-refractivity contribution in [3.63, 3.8) is 0 Å². The molecule has 0 N–H and O–H groups in total. The molecule has 138 valence electrons. The summed E-state index contributed by atoms with van der Waals surface area (Å²) in [6.07, 6.45) is -0.616. The first-order valence-electron chi connectivity index (χ1n) is 8.54. The molecule has 0 saturated carbocycles. The summed E-state index contributed by atoms with van der Waals surface area (Å²) in [5, 5.41) is 0. The number of hydrogen-bond acceptors (Lipinski definition) is 4. The Morgan fingerprint density at radius 1 is 0.923 bits per heavy atom. The number of piperazine rings is 1. The van der Waals surface area contributed by atoms with Gasteiger partial charge in [-0.05, 0) is 31.2 Å². The number of amides is 1. The van der Waals surface area contributed by atoms with Gasteiger partial charge in [-0.25, -0.2) is 8.42 Å². The fraction of sp³-hybridized carbons (Fsp3) is 0.316. The van der Waals surface area contributed by atoms with Crippen molar-refractivity contribution >= 4 is 15.9 Å². The summed E-state index contributed by atoms with van der Waals surface area (Å²) in [6.45, 7) is 2.98. The van der Waals surface area contributed by atoms with Crippen molar-refractivity contribution in [2.45, 2.75) is 17.9 Å². The maximum absolute atomic E-state index is 12.6. The molecule has 7 heteroatoms. The van der Waals surface area contributed by atoms with Crippen molar-refractivity contribution in [2.75, 3.05) is 26.2 Å². The standard InChI is InChI=1S/C19H22N2O4S/c1-16(25-17-8-4-2-5-9-17)19(22)20-12-14-21(15-13-20)26(23,24)18-10-6-3-7-11-18/h2-11,16H,12-15H2,1H3. The quantitative estimate of drug-likeness (QED) is 0.803. The lowest BCUT2D eigenvalue weighted by molar-refractivity contribution is -0.139. The summed E-state index contributed by atoms with van der Waals surface area (Å²) in [5.74, 6) is 0.504. The van der Waals surface area contributed by atoms with Gasteiger partial charge in [0.15, 0.2) is 6.10 Å². The predicted molar refractivity (Wildman–Crippen MR) is 98.3 cm³/mol. The van der Waals surface area contributed by atoms with E-state index >= 15 is 0 Å². The highest BCUT2D eigenvalue weighted by molar-refractivity contribution is 7.89. The molecule has 6 nitrogen and oxygen atoms in total. The molecule has 1 aliphatic heterocycles. The van der Waals surface area contributed by atoms with Gasteiger partial charge in [-0.2, -0.15) is 4.31 Å². The van der Waals surface area contributed by atoms with Crippen molar-refractivity contribution in [1.29, 1.82) is 0 Å². The summed E-state index contributed by atoms with van der Waals surface area (Å²) < 4.78 is 32.4. The molecule has 0 aromatic heterocycles. The molecule has 1 unspecified atom stereocenters. The van der Waals surface area contributed by atoms with Crippen LogP contribution in [-0.4, -0.2) is 55.8 Å². The van der Waals surface area contributed by atoms with Gasteiger partial charge in [-0.3, -0.25) is 4.79 Å². The average Bonchev–Trinajstić information content (AvgIpc) is 2.69. The second kappa shape index (κ2) is 7.88. The summed E-state index contributed by atoms with van der Waals surface area (Å²) >= 11 is 0. The highest BCUT2D eigenvalue weighted by Crippen LogP contribution is 2.18. The molecule has 1 saturated heterocycles. The first-order chi connectivity index (χ1) is 12.5. The second-order valence-electron chi connectivity index (χ2n) is 6.12. The molecule has 0 radical (unpaired) electrons. The molecule has 0 aliphatic carbocycles. The van der Waals surface area contributed by atoms with Gasteiger partial charge in [0.1, 0.15) is 5.75 Å². The number of hydrogen-bond donors (Lipinski definition) is 0. The number of ether oxygens (including phenoxy) is 1. The zero-order valence-corrected chi connectivity index (χ0v) is 15.4. The van der Waals surface area contributed by atoms with Crippen LogP contribution in [0.5, 0.6) is 5.75 Å². The van der Waals surface area contributed by atoms with Crippen molar-refractivity contribution in [3.05, 3.63) is 60.7 Å². The zero-order valence-electron chi connectivity index (χ0n) is 14.6. The third-order valence-corrected chi connectivity index (χ3v) is 6.25. The van der Waals surface area contributed by atoms with E-state index < -0.39 is 16.1 Å². The monoisotopic (exact) mass is 374 g/mol. The Kier molecular flexibility index (Phi) is 5.58. The molecule has 3 rings (SSSR count). The third kappa shape index (κ3) is 4.05. The summed E-state index contributed by atoms with van der Waals surface area (Å²) in [6, 6.07) is 17.5. The topological polar surface area (TPSA) is 66.9 Å². The molecule has 1 aliphatic rings. The SMILES string of the molecule is CC(Oc1ccccc1)C(=O)N1CCN(S(=O)(=O)c2ccccc2)CC1. The molecule has 1 heterocycles. The van der Waals surface area contributed by atoms with E-state index in [1.54, 1.807) is 54.3 Å². The van der Waals surface area contributed by atoms with E-state index in [0.29, 0.717) is 18.8 Å². The lowest BCUT2D eigenvalue weighted by Crippen LogP contribution is -2.53. The van der Waals surface area contributed by atoms with Crippen LogP contribution < -0.4 is 4.74 Å². The van der Waals surface area contributed by atoms with Crippen LogP contribution in [0.3, 0.4) is 0 Å². The molecule has 2 aromatic rings. The van der Waals surface area contributed by atoms with Gasteiger partial charge in [-0.15, -0.1) is 0 Å². The summed E-state index contributed by atoms with van der Waals surface area (Å²) in [7, 11) is -3.52. The molecular weight excluding hydrogens is 352 g/mol. The fourth-order valence-corrected chi connectivity index (χ4v) is 4.34. The molecule has 26 heavy (non-hydrogen) atoms. The number of nitrogens with zero attached hydrogens (tertiary/aromatic N) is 2. The molecule has 0 spiro atoms. The smallest absolute Gasteiger partial charge is 0.263 e. The minimum atomic E-state index is -3.52. The van der Waals surface area contributed by atoms with Crippen molar-refractivity contribution in [2.24, 2.45) is 0 Å². The Hall–Kier alpha value is -2.38. The molecular formula is C19H22N2O4S. The highest BCUT2D eigenvalue weighted by atomic mass is 32.2. The average molecular weight is 374 g/mol. The fourth-order valence-electron chi connectivity index (χ4n) is 2.90. The Bertz CT molecular complexity index is 832. The number of benzene rings is 2. The van der Waals surface area contributed by atoms with E-state index in [4.69, 9.17) is 4.74 Å². The third-order valence-electron chi connectivity index (χ3n) is 4.34. The predicted octanol–water partition coefficient (Wildman–Crippen LogP) is 1.99. The Morgan fingerprint density at radius 2 is 1.46 bits per heavy atom. The van der Waals surface area contributed by atoms with E-state index in [2.05, 4.69) is 0 Å². The van der Waals surface area contributed by atoms with Gasteiger partial charge in [0.2, 0.25) is 10.0 Å². The largest absolute Gasteiger partial charge is 0.481 e. The van der Waals surface area contributed by atoms with Gasteiger partial charge < -0.3 is 9.64 Å². The molecule has 1 amide bonds. The van der Waals surface area contributed by atoms with Crippen LogP contribution in [0.25, 0.3) is 0 Å². The minimum Gasteiger partial charge on any atom is -0.481 e. The molecule has 2 aromatic carbocycles. The number of carbonyl (C=O) groups is 1. The van der Waals surface area contributed by atoms with Crippen LogP contribution in [0.15, 0.2) is 65.6 Å². The Balaban J connectivity index is 1.59. The van der Waals surface area contributed by atoms with Gasteiger partial charge in [0, 0.05) is 26.2 Å². The zero-order chi connectivity index (χ0) is 18.6. The first-order valence-corrected chi connectivity index (χ1v) is 9.98. The van der Waals surface area contributed by atoms with Gasteiger partial charge in [0.25, 0.3) is 5.91 Å². The van der Waals surface area contributed by atoms with E-state index in [0.717, 1.165) is 0 Å². The van der Waals surface area contributed by atoms with E-state index in [-0.39, 0.29) is 23.9 Å². The second-order valence-corrected chi connectivity index (χ2v) is 8.05. The Morgan fingerprint density at radius 3 is 2.04 bits per heavy atom. The molecule has 1 fully saturated rings. The number of rotatable bonds is 5. The first kappa shape index (κ1) is 18.4. The van der Waals surface area contributed by atoms with E-state index in [1.165, 1.54) is 4.31 Å². The van der Waals surface area contributed by atoms with Crippen LogP contribution >= 0.6 is 0 Å². The van der Waals surface area contributed by atoms with Crippen molar-refractivity contribution in [3.8, 4) is 5.75 Å².